The number of hydrogen-bond acceptors (Lipinski definition) is 3. The molecule has 0 spiro atoms. The van der Waals surface area contributed by atoms with Crippen molar-refractivity contribution in [2.24, 2.45) is 4.99 Å². The van der Waals surface area contributed by atoms with E-state index in [0.717, 1.165) is 11.5 Å². The average molecular weight is 285 g/mol. The molecule has 0 N–H and O–H groups in total. The van der Waals surface area contributed by atoms with Crippen LogP contribution >= 0.6 is 11.6 Å². The Balaban J connectivity index is 2.94. The van der Waals surface area contributed by atoms with Gasteiger partial charge in [-0.05, 0) is 11.6 Å². The van der Waals surface area contributed by atoms with Crippen molar-refractivity contribution < 1.29 is 4.92 Å². The maximum atomic E-state index is 10.6. The molecular weight excluding hydrogens is 268 g/mol. The van der Waals surface area contributed by atoms with Crippen LogP contribution in [0, 0.1) is 10.1 Å². The van der Waals surface area contributed by atoms with Crippen molar-refractivity contribution in [1.82, 2.24) is 9.80 Å². The van der Waals surface area contributed by atoms with Crippen molar-refractivity contribution in [3.05, 3.63) is 38.9 Å². The topological polar surface area (TPSA) is 62.0 Å². The maximum Gasteiger partial charge on any atom is 0.270 e. The maximum absolute atomic E-state index is 10.6. The molecule has 0 amide bonds. The summed E-state index contributed by atoms with van der Waals surface area (Å²) in [7, 11) is 7.60. The molecule has 0 aliphatic rings. The Morgan fingerprint density at radius 1 is 1.32 bits per heavy atom. The number of nitro benzene ring substituents is 1. The zero-order valence-electron chi connectivity index (χ0n) is 11.4. The number of nitrogens with zero attached hydrogens (tertiary/aromatic N) is 4. The van der Waals surface area contributed by atoms with E-state index < -0.39 is 4.92 Å². The van der Waals surface area contributed by atoms with Gasteiger partial charge in [-0.1, -0.05) is 11.6 Å². The summed E-state index contributed by atoms with van der Waals surface area (Å²) in [6.45, 7) is 0.378. The summed E-state index contributed by atoms with van der Waals surface area (Å²) >= 11 is 6.02. The van der Waals surface area contributed by atoms with Gasteiger partial charge in [-0.2, -0.15) is 0 Å². The molecular formula is C12H17ClN4O2. The number of guanidine groups is 1. The number of halogens is 1. The Hall–Kier alpha value is -1.82. The molecule has 0 saturated carbocycles. The molecule has 104 valence electrons. The highest BCUT2D eigenvalue weighted by Crippen LogP contribution is 2.23. The fourth-order valence-corrected chi connectivity index (χ4v) is 1.85. The van der Waals surface area contributed by atoms with Crippen LogP contribution in [0.15, 0.2) is 23.2 Å². The van der Waals surface area contributed by atoms with Crippen LogP contribution in [0.4, 0.5) is 5.69 Å². The van der Waals surface area contributed by atoms with E-state index in [4.69, 9.17) is 11.6 Å². The van der Waals surface area contributed by atoms with Gasteiger partial charge < -0.3 is 9.80 Å². The number of aliphatic imine (C=N–C) groups is 1. The van der Waals surface area contributed by atoms with E-state index in [1.807, 2.05) is 38.0 Å². The summed E-state index contributed by atoms with van der Waals surface area (Å²) in [6, 6.07) is 4.41. The molecule has 7 heteroatoms. The largest absolute Gasteiger partial charge is 0.349 e. The lowest BCUT2D eigenvalue weighted by Crippen LogP contribution is -2.35. The Bertz CT molecular complexity index is 491. The molecule has 0 radical (unpaired) electrons. The van der Waals surface area contributed by atoms with Gasteiger partial charge in [0.15, 0.2) is 5.96 Å². The van der Waals surface area contributed by atoms with Crippen LogP contribution in [-0.4, -0.2) is 48.9 Å². The number of hydrogen-bond donors (Lipinski definition) is 0. The summed E-state index contributed by atoms with van der Waals surface area (Å²) in [5.74, 6) is 0.800. The second-order valence-electron chi connectivity index (χ2n) is 4.44. The predicted octanol–water partition coefficient (Wildman–Crippen LogP) is 2.23. The molecule has 0 bridgehead atoms. The first-order chi connectivity index (χ1) is 8.82. The minimum absolute atomic E-state index is 0.0156. The van der Waals surface area contributed by atoms with Gasteiger partial charge in [0.25, 0.3) is 5.69 Å². The van der Waals surface area contributed by atoms with Crippen LogP contribution in [0.2, 0.25) is 5.02 Å². The number of nitro groups is 1. The molecule has 1 aromatic rings. The lowest BCUT2D eigenvalue weighted by molar-refractivity contribution is -0.384. The van der Waals surface area contributed by atoms with Gasteiger partial charge in [0.1, 0.15) is 0 Å². The molecule has 1 aromatic carbocycles. The van der Waals surface area contributed by atoms with Crippen LogP contribution in [0.1, 0.15) is 5.56 Å². The van der Waals surface area contributed by atoms with E-state index in [0.29, 0.717) is 11.6 Å². The molecule has 0 unspecified atom stereocenters. The van der Waals surface area contributed by atoms with Gasteiger partial charge in [-0.25, -0.2) is 4.99 Å². The third kappa shape index (κ3) is 4.10. The quantitative estimate of drug-likeness (QED) is 0.370. The van der Waals surface area contributed by atoms with Crippen molar-refractivity contribution in [2.75, 3.05) is 28.2 Å². The molecule has 1 rings (SSSR count). The summed E-state index contributed by atoms with van der Waals surface area (Å²) in [4.78, 5) is 18.4. The predicted molar refractivity (Wildman–Crippen MR) is 76.6 cm³/mol. The van der Waals surface area contributed by atoms with Gasteiger partial charge in [-0.3, -0.25) is 10.1 Å². The number of rotatable bonds is 3. The minimum Gasteiger partial charge on any atom is -0.349 e. The van der Waals surface area contributed by atoms with Crippen molar-refractivity contribution in [3.63, 3.8) is 0 Å². The first kappa shape index (κ1) is 15.2. The Kier molecular flexibility index (Phi) is 5.11. The van der Waals surface area contributed by atoms with E-state index in [1.165, 1.54) is 12.1 Å². The van der Waals surface area contributed by atoms with Crippen LogP contribution in [0.5, 0.6) is 0 Å². The molecule has 19 heavy (non-hydrogen) atoms. The van der Waals surface area contributed by atoms with Crippen molar-refractivity contribution in [1.29, 1.82) is 0 Å². The second kappa shape index (κ2) is 6.38. The van der Waals surface area contributed by atoms with Crippen molar-refractivity contribution >= 4 is 23.2 Å². The smallest absolute Gasteiger partial charge is 0.270 e. The monoisotopic (exact) mass is 284 g/mol. The van der Waals surface area contributed by atoms with Gasteiger partial charge in [-0.15, -0.1) is 0 Å². The highest BCUT2D eigenvalue weighted by molar-refractivity contribution is 6.31. The zero-order valence-corrected chi connectivity index (χ0v) is 12.2. The fourth-order valence-electron chi connectivity index (χ4n) is 1.62. The second-order valence-corrected chi connectivity index (χ2v) is 4.85. The van der Waals surface area contributed by atoms with Gasteiger partial charge in [0.05, 0.1) is 16.5 Å². The average Bonchev–Trinajstić information content (AvgIpc) is 2.29. The normalized spacial score (nSPS) is 9.95. The third-order valence-corrected chi connectivity index (χ3v) is 2.79. The van der Waals surface area contributed by atoms with E-state index in [9.17, 15) is 10.1 Å². The van der Waals surface area contributed by atoms with E-state index in [2.05, 4.69) is 4.99 Å². The Morgan fingerprint density at radius 2 is 1.89 bits per heavy atom. The van der Waals surface area contributed by atoms with E-state index >= 15 is 0 Å². The van der Waals surface area contributed by atoms with Gasteiger partial charge in [0, 0.05) is 40.3 Å². The molecule has 0 atom stereocenters. The zero-order chi connectivity index (χ0) is 14.6. The fraction of sp³-hybridized carbons (Fsp3) is 0.417. The molecule has 0 saturated heterocycles. The third-order valence-electron chi connectivity index (χ3n) is 2.44. The minimum atomic E-state index is -0.468. The lowest BCUT2D eigenvalue weighted by Gasteiger charge is -2.22. The van der Waals surface area contributed by atoms with Crippen LogP contribution in [0.3, 0.4) is 0 Å². The summed E-state index contributed by atoms with van der Waals surface area (Å²) in [6.07, 6.45) is 0. The molecule has 0 aliphatic heterocycles. The SMILES string of the molecule is CN(C)C(=NCc1ccc([N+](=O)[O-])cc1Cl)N(C)C. The van der Waals surface area contributed by atoms with E-state index in [1.54, 1.807) is 6.07 Å². The van der Waals surface area contributed by atoms with Crippen LogP contribution < -0.4 is 0 Å². The van der Waals surface area contributed by atoms with Crippen molar-refractivity contribution in [3.8, 4) is 0 Å². The Morgan fingerprint density at radius 3 is 2.32 bits per heavy atom. The lowest BCUT2D eigenvalue weighted by atomic mass is 10.2. The first-order valence-electron chi connectivity index (χ1n) is 5.65. The van der Waals surface area contributed by atoms with Gasteiger partial charge in [0.2, 0.25) is 0 Å². The molecule has 6 nitrogen and oxygen atoms in total. The van der Waals surface area contributed by atoms with Gasteiger partial charge >= 0.3 is 0 Å². The van der Waals surface area contributed by atoms with Crippen molar-refractivity contribution in [2.45, 2.75) is 6.54 Å². The standard InChI is InChI=1S/C12H17ClN4O2/c1-15(2)12(16(3)4)14-8-9-5-6-10(17(18)19)7-11(9)13/h5-7H,8H2,1-4H3. The van der Waals surface area contributed by atoms with E-state index in [-0.39, 0.29) is 5.69 Å². The molecule has 0 heterocycles. The van der Waals surface area contributed by atoms with Crippen LogP contribution in [-0.2, 0) is 6.54 Å². The highest BCUT2D eigenvalue weighted by Gasteiger charge is 2.10. The molecule has 0 fully saturated rings. The molecule has 0 aliphatic carbocycles. The number of benzene rings is 1. The summed E-state index contributed by atoms with van der Waals surface area (Å²) in [5, 5.41) is 11.0. The summed E-state index contributed by atoms with van der Waals surface area (Å²) < 4.78 is 0. The van der Waals surface area contributed by atoms with Crippen LogP contribution in [0.25, 0.3) is 0 Å². The summed E-state index contributed by atoms with van der Waals surface area (Å²) in [5.41, 5.74) is 0.742. The number of non-ortho nitro benzene ring substituents is 1. The Labute approximate surface area is 117 Å². The first-order valence-corrected chi connectivity index (χ1v) is 6.02. The highest BCUT2D eigenvalue weighted by atomic mass is 35.5. The molecule has 0 aromatic heterocycles.